The van der Waals surface area contributed by atoms with Gasteiger partial charge in [0.15, 0.2) is 11.7 Å². The van der Waals surface area contributed by atoms with Gasteiger partial charge in [-0.15, -0.1) is 0 Å². The van der Waals surface area contributed by atoms with Crippen LogP contribution < -0.4 is 21.7 Å². The Labute approximate surface area is 210 Å². The summed E-state index contributed by atoms with van der Waals surface area (Å²) in [6.45, 7) is 6.07. The summed E-state index contributed by atoms with van der Waals surface area (Å²) < 4.78 is 23.6. The Balaban J connectivity index is 2.16. The van der Waals surface area contributed by atoms with Gasteiger partial charge in [0.1, 0.15) is 22.2 Å². The molecule has 1 atom stereocenters. The van der Waals surface area contributed by atoms with Crippen molar-refractivity contribution in [3.05, 3.63) is 63.3 Å². The fourth-order valence-electron chi connectivity index (χ4n) is 3.31. The molecule has 1 aromatic carbocycles. The molecular formula is C23H25ClFN5O4S. The van der Waals surface area contributed by atoms with Gasteiger partial charge < -0.3 is 21.2 Å². The van der Waals surface area contributed by atoms with Crippen LogP contribution >= 0.6 is 23.1 Å². The van der Waals surface area contributed by atoms with Gasteiger partial charge in [-0.2, -0.15) is 4.37 Å². The number of anilines is 2. The number of nitrogens with one attached hydrogen (secondary N) is 1. The Morgan fingerprint density at radius 3 is 2.51 bits per heavy atom. The second-order valence-electron chi connectivity index (χ2n) is 8.24. The standard InChI is InChI=1S/C23H25ClFN5O4S/c1-11(2)8-9-28-22(32)19(16-7-4-12(3)34-16)30(13-5-6-15(25)14(24)10-13)23(33)20-17(26)18(21(27)31)29-35-20/h4-7,10-11,19H,8-9,26H2,1-3H3,(H2,27,31)(H,28,32). The van der Waals surface area contributed by atoms with E-state index >= 15 is 0 Å². The van der Waals surface area contributed by atoms with Crippen LogP contribution in [-0.4, -0.2) is 28.6 Å². The number of amides is 3. The highest BCUT2D eigenvalue weighted by atomic mass is 35.5. The maximum atomic E-state index is 14.0. The molecule has 186 valence electrons. The van der Waals surface area contributed by atoms with E-state index < -0.39 is 29.6 Å². The molecule has 0 saturated heterocycles. The molecule has 1 unspecified atom stereocenters. The largest absolute Gasteiger partial charge is 0.464 e. The highest BCUT2D eigenvalue weighted by Gasteiger charge is 2.38. The van der Waals surface area contributed by atoms with Crippen molar-refractivity contribution in [2.75, 3.05) is 17.2 Å². The number of furan rings is 1. The lowest BCUT2D eigenvalue weighted by Gasteiger charge is -2.30. The SMILES string of the molecule is Cc1ccc(C(C(=O)NCCC(C)C)N(C(=O)c2snc(C(N)=O)c2N)c2ccc(F)c(Cl)c2)o1. The number of nitrogen functional groups attached to an aromatic ring is 1. The molecule has 0 fully saturated rings. The van der Waals surface area contributed by atoms with Crippen LogP contribution in [0.5, 0.6) is 0 Å². The number of rotatable bonds is 9. The van der Waals surface area contributed by atoms with E-state index in [9.17, 15) is 18.8 Å². The van der Waals surface area contributed by atoms with E-state index in [1.807, 2.05) is 13.8 Å². The smallest absolute Gasteiger partial charge is 0.273 e. The number of halogens is 2. The number of hydrogen-bond acceptors (Lipinski definition) is 7. The summed E-state index contributed by atoms with van der Waals surface area (Å²) in [6, 6.07) is 5.50. The minimum absolute atomic E-state index is 0.105. The van der Waals surface area contributed by atoms with E-state index in [0.29, 0.717) is 36.2 Å². The van der Waals surface area contributed by atoms with E-state index in [4.69, 9.17) is 27.5 Å². The molecule has 0 aliphatic heterocycles. The summed E-state index contributed by atoms with van der Waals surface area (Å²) in [4.78, 5) is 39.9. The molecule has 0 aliphatic carbocycles. The zero-order valence-electron chi connectivity index (χ0n) is 19.3. The number of carbonyl (C=O) groups is 3. The van der Waals surface area contributed by atoms with Crippen molar-refractivity contribution < 1.29 is 23.2 Å². The number of benzene rings is 1. The van der Waals surface area contributed by atoms with Crippen molar-refractivity contribution in [1.82, 2.24) is 9.69 Å². The summed E-state index contributed by atoms with van der Waals surface area (Å²) in [5.41, 5.74) is 10.9. The van der Waals surface area contributed by atoms with Crippen LogP contribution in [0.25, 0.3) is 0 Å². The van der Waals surface area contributed by atoms with Crippen LogP contribution in [0.2, 0.25) is 5.02 Å². The van der Waals surface area contributed by atoms with Crippen molar-refractivity contribution in [3.63, 3.8) is 0 Å². The first kappa shape index (κ1) is 26.2. The Morgan fingerprint density at radius 1 is 1.26 bits per heavy atom. The molecule has 3 amide bonds. The fraction of sp³-hybridized carbons (Fsp3) is 0.304. The van der Waals surface area contributed by atoms with Crippen molar-refractivity contribution in [3.8, 4) is 0 Å². The normalized spacial score (nSPS) is 11.9. The first-order chi connectivity index (χ1) is 16.5. The molecule has 9 nitrogen and oxygen atoms in total. The van der Waals surface area contributed by atoms with Crippen molar-refractivity contribution in [2.24, 2.45) is 11.7 Å². The molecule has 3 rings (SSSR count). The van der Waals surface area contributed by atoms with Crippen LogP contribution in [0.1, 0.15) is 58.0 Å². The van der Waals surface area contributed by atoms with Gasteiger partial charge in [-0.25, -0.2) is 4.39 Å². The van der Waals surface area contributed by atoms with Gasteiger partial charge >= 0.3 is 0 Å². The molecule has 35 heavy (non-hydrogen) atoms. The Morgan fingerprint density at radius 2 is 1.97 bits per heavy atom. The van der Waals surface area contributed by atoms with Gasteiger partial charge in [-0.05, 0) is 61.1 Å². The Bertz CT molecular complexity index is 1260. The topological polar surface area (TPSA) is 145 Å². The molecule has 2 aromatic heterocycles. The molecule has 0 spiro atoms. The van der Waals surface area contributed by atoms with E-state index in [-0.39, 0.29) is 32.7 Å². The Hall–Kier alpha value is -3.44. The average Bonchev–Trinajstić information content (AvgIpc) is 3.38. The van der Waals surface area contributed by atoms with Crippen LogP contribution in [0, 0.1) is 18.7 Å². The predicted octanol–water partition coefficient (Wildman–Crippen LogP) is 4.07. The molecule has 2 heterocycles. The summed E-state index contributed by atoms with van der Waals surface area (Å²) in [7, 11) is 0. The lowest BCUT2D eigenvalue weighted by Crippen LogP contribution is -2.44. The quantitative estimate of drug-likeness (QED) is 0.387. The zero-order chi connectivity index (χ0) is 25.9. The third-order valence-corrected chi connectivity index (χ3v) is 6.25. The number of carbonyl (C=O) groups excluding carboxylic acids is 3. The van der Waals surface area contributed by atoms with E-state index in [2.05, 4.69) is 9.69 Å². The predicted molar refractivity (Wildman–Crippen MR) is 132 cm³/mol. The lowest BCUT2D eigenvalue weighted by molar-refractivity contribution is -0.122. The molecular weight excluding hydrogens is 497 g/mol. The molecule has 3 aromatic rings. The van der Waals surface area contributed by atoms with E-state index in [1.54, 1.807) is 19.1 Å². The lowest BCUT2D eigenvalue weighted by atomic mass is 10.1. The second kappa shape index (κ2) is 10.9. The minimum Gasteiger partial charge on any atom is -0.464 e. The van der Waals surface area contributed by atoms with Crippen molar-refractivity contribution >= 4 is 52.2 Å². The van der Waals surface area contributed by atoms with Gasteiger partial charge in [0.05, 0.1) is 10.7 Å². The van der Waals surface area contributed by atoms with E-state index in [0.717, 1.165) is 11.0 Å². The third kappa shape index (κ3) is 5.80. The second-order valence-corrected chi connectivity index (χ2v) is 9.42. The van der Waals surface area contributed by atoms with Crippen LogP contribution in [0.3, 0.4) is 0 Å². The van der Waals surface area contributed by atoms with Crippen LogP contribution in [-0.2, 0) is 4.79 Å². The minimum atomic E-state index is -1.30. The summed E-state index contributed by atoms with van der Waals surface area (Å²) in [5.74, 6) is -1.91. The first-order valence-electron chi connectivity index (χ1n) is 10.7. The Kier molecular flexibility index (Phi) is 8.13. The maximum absolute atomic E-state index is 14.0. The molecule has 0 bridgehead atoms. The number of aryl methyl sites for hydroxylation is 1. The van der Waals surface area contributed by atoms with Crippen molar-refractivity contribution in [1.29, 1.82) is 0 Å². The first-order valence-corrected chi connectivity index (χ1v) is 11.8. The van der Waals surface area contributed by atoms with Crippen molar-refractivity contribution in [2.45, 2.75) is 33.2 Å². The molecule has 12 heteroatoms. The summed E-state index contributed by atoms with van der Waals surface area (Å²) in [6.07, 6.45) is 0.704. The van der Waals surface area contributed by atoms with Gasteiger partial charge in [0.2, 0.25) is 0 Å². The number of aromatic nitrogens is 1. The zero-order valence-corrected chi connectivity index (χ0v) is 20.9. The number of hydrogen-bond donors (Lipinski definition) is 3. The molecule has 0 radical (unpaired) electrons. The average molecular weight is 522 g/mol. The van der Waals surface area contributed by atoms with Gasteiger partial charge in [-0.1, -0.05) is 25.4 Å². The van der Waals surface area contributed by atoms with E-state index in [1.165, 1.54) is 12.1 Å². The molecule has 5 N–H and O–H groups in total. The highest BCUT2D eigenvalue weighted by molar-refractivity contribution is 7.09. The number of nitrogens with two attached hydrogens (primary N) is 2. The van der Waals surface area contributed by atoms with Gasteiger partial charge in [0, 0.05) is 12.2 Å². The summed E-state index contributed by atoms with van der Waals surface area (Å²) in [5, 5.41) is 2.57. The number of primary amides is 1. The fourth-order valence-corrected chi connectivity index (χ4v) is 4.23. The molecule has 0 saturated carbocycles. The number of nitrogens with zero attached hydrogens (tertiary/aromatic N) is 2. The van der Waals surface area contributed by atoms with Gasteiger partial charge in [-0.3, -0.25) is 19.3 Å². The maximum Gasteiger partial charge on any atom is 0.273 e. The monoisotopic (exact) mass is 521 g/mol. The third-order valence-electron chi connectivity index (χ3n) is 5.11. The highest BCUT2D eigenvalue weighted by Crippen LogP contribution is 2.35. The van der Waals surface area contributed by atoms with Gasteiger partial charge in [0.25, 0.3) is 17.7 Å². The molecule has 0 aliphatic rings. The van der Waals surface area contributed by atoms with Crippen LogP contribution in [0.15, 0.2) is 34.7 Å². The van der Waals surface area contributed by atoms with Crippen LogP contribution in [0.4, 0.5) is 15.8 Å². The summed E-state index contributed by atoms with van der Waals surface area (Å²) >= 11 is 6.66.